The van der Waals surface area contributed by atoms with Gasteiger partial charge in [-0.05, 0) is 36.4 Å². The Morgan fingerprint density at radius 3 is 2.23 bits per heavy atom. The number of fused-ring (bicyclic) bond motifs is 1. The van der Waals surface area contributed by atoms with E-state index in [0.29, 0.717) is 17.0 Å². The lowest BCUT2D eigenvalue weighted by molar-refractivity contribution is -0.139. The van der Waals surface area contributed by atoms with Crippen molar-refractivity contribution in [1.29, 1.82) is 0 Å². The quantitative estimate of drug-likeness (QED) is 0.702. The summed E-state index contributed by atoms with van der Waals surface area (Å²) in [6.07, 6.45) is 0. The van der Waals surface area contributed by atoms with Gasteiger partial charge in [0.25, 0.3) is 5.91 Å². The number of carbonyl (C=O) groups is 2. The Kier molecular flexibility index (Phi) is 5.24. The molecule has 1 aliphatic heterocycles. The fraction of sp³-hybridized carbons (Fsp3) is 0.333. The summed E-state index contributed by atoms with van der Waals surface area (Å²) in [5.41, 5.74) is 2.15. The van der Waals surface area contributed by atoms with Gasteiger partial charge in [-0.2, -0.15) is 0 Å². The van der Waals surface area contributed by atoms with Crippen LogP contribution in [-0.2, 0) is 4.79 Å². The topological polar surface area (TPSA) is 65.8 Å². The van der Waals surface area contributed by atoms with Crippen molar-refractivity contribution >= 4 is 34.2 Å². The van der Waals surface area contributed by atoms with Crippen LogP contribution in [0.2, 0.25) is 0 Å². The first-order valence-electron chi connectivity index (χ1n) is 10.3. The van der Waals surface area contributed by atoms with Gasteiger partial charge < -0.3 is 19.5 Å². The van der Waals surface area contributed by atoms with Gasteiger partial charge in [0.2, 0.25) is 5.91 Å². The number of para-hydroxylation sites is 1. The average Bonchev–Trinajstić information content (AvgIpc) is 3.18. The maximum atomic E-state index is 12.5. The molecule has 6 heteroatoms. The van der Waals surface area contributed by atoms with E-state index in [2.05, 4.69) is 10.2 Å². The molecule has 0 bridgehead atoms. The van der Waals surface area contributed by atoms with E-state index in [1.165, 1.54) is 0 Å². The van der Waals surface area contributed by atoms with Gasteiger partial charge in [-0.15, -0.1) is 0 Å². The van der Waals surface area contributed by atoms with Gasteiger partial charge in [0.1, 0.15) is 5.58 Å². The molecular formula is C24H27N3O3. The van der Waals surface area contributed by atoms with Crippen molar-refractivity contribution in [2.45, 2.75) is 20.8 Å². The van der Waals surface area contributed by atoms with Gasteiger partial charge in [-0.3, -0.25) is 9.59 Å². The molecule has 0 saturated carbocycles. The van der Waals surface area contributed by atoms with Gasteiger partial charge in [0.15, 0.2) is 5.76 Å². The molecular weight excluding hydrogens is 378 g/mol. The van der Waals surface area contributed by atoms with Crippen molar-refractivity contribution in [3.05, 3.63) is 60.4 Å². The molecule has 2 aromatic carbocycles. The number of piperazine rings is 1. The summed E-state index contributed by atoms with van der Waals surface area (Å²) in [5, 5.41) is 3.79. The molecule has 30 heavy (non-hydrogen) atoms. The molecule has 3 aromatic rings. The molecule has 0 unspecified atom stereocenters. The zero-order chi connectivity index (χ0) is 21.3. The van der Waals surface area contributed by atoms with Crippen LogP contribution in [0.15, 0.2) is 59.0 Å². The fourth-order valence-corrected chi connectivity index (χ4v) is 3.68. The number of rotatable bonds is 3. The first kappa shape index (κ1) is 20.0. The number of carbonyl (C=O) groups excluding carboxylic acids is 2. The van der Waals surface area contributed by atoms with Crippen LogP contribution in [0, 0.1) is 5.41 Å². The highest BCUT2D eigenvalue weighted by Crippen LogP contribution is 2.24. The molecule has 1 fully saturated rings. The summed E-state index contributed by atoms with van der Waals surface area (Å²) in [4.78, 5) is 29.1. The minimum Gasteiger partial charge on any atom is -0.451 e. The summed E-state index contributed by atoms with van der Waals surface area (Å²) in [7, 11) is 0. The Morgan fingerprint density at radius 2 is 1.60 bits per heavy atom. The molecule has 2 amide bonds. The van der Waals surface area contributed by atoms with E-state index in [-0.39, 0.29) is 17.2 Å². The first-order chi connectivity index (χ1) is 14.3. The molecule has 4 rings (SSSR count). The van der Waals surface area contributed by atoms with Crippen LogP contribution in [0.3, 0.4) is 0 Å². The van der Waals surface area contributed by atoms with E-state index in [0.717, 1.165) is 37.3 Å². The third-order valence-electron chi connectivity index (χ3n) is 5.35. The lowest BCUT2D eigenvalue weighted by atomic mass is 9.94. The first-order valence-corrected chi connectivity index (χ1v) is 10.3. The van der Waals surface area contributed by atoms with Gasteiger partial charge in [0.05, 0.1) is 0 Å². The average molecular weight is 405 g/mol. The Morgan fingerprint density at radius 1 is 0.933 bits per heavy atom. The third kappa shape index (κ3) is 4.17. The molecule has 0 spiro atoms. The van der Waals surface area contributed by atoms with Crippen LogP contribution >= 0.6 is 0 Å². The van der Waals surface area contributed by atoms with E-state index in [9.17, 15) is 9.59 Å². The molecule has 156 valence electrons. The number of benzene rings is 2. The SMILES string of the molecule is CC(C)(C)C(=O)N1CCN(c2ccc(NC(=O)c3cc4ccccc4o3)cc2)CC1. The predicted molar refractivity (Wildman–Crippen MR) is 119 cm³/mol. The normalized spacial score (nSPS) is 14.8. The summed E-state index contributed by atoms with van der Waals surface area (Å²) in [6.45, 7) is 8.92. The minimum absolute atomic E-state index is 0.200. The van der Waals surface area contributed by atoms with Crippen LogP contribution < -0.4 is 10.2 Å². The highest BCUT2D eigenvalue weighted by molar-refractivity contribution is 6.04. The van der Waals surface area contributed by atoms with Crippen LogP contribution in [0.25, 0.3) is 11.0 Å². The number of nitrogens with zero attached hydrogens (tertiary/aromatic N) is 2. The Labute approximate surface area is 176 Å². The number of amides is 2. The Bertz CT molecular complexity index is 1020. The largest absolute Gasteiger partial charge is 0.451 e. The lowest BCUT2D eigenvalue weighted by Gasteiger charge is -2.38. The second-order valence-corrected chi connectivity index (χ2v) is 8.68. The van der Waals surface area contributed by atoms with E-state index in [4.69, 9.17) is 4.42 Å². The number of hydrogen-bond donors (Lipinski definition) is 1. The lowest BCUT2D eigenvalue weighted by Crippen LogP contribution is -2.51. The van der Waals surface area contributed by atoms with E-state index in [1.54, 1.807) is 6.07 Å². The molecule has 1 aliphatic rings. The highest BCUT2D eigenvalue weighted by atomic mass is 16.3. The van der Waals surface area contributed by atoms with Gasteiger partial charge >= 0.3 is 0 Å². The second-order valence-electron chi connectivity index (χ2n) is 8.68. The van der Waals surface area contributed by atoms with Crippen LogP contribution in [-0.4, -0.2) is 42.9 Å². The van der Waals surface area contributed by atoms with Crippen LogP contribution in [0.5, 0.6) is 0 Å². The summed E-state index contributed by atoms with van der Waals surface area (Å²) in [6, 6.07) is 17.1. The van der Waals surface area contributed by atoms with E-state index in [1.807, 2.05) is 74.2 Å². The summed E-state index contributed by atoms with van der Waals surface area (Å²) < 4.78 is 5.62. The maximum absolute atomic E-state index is 12.5. The summed E-state index contributed by atoms with van der Waals surface area (Å²) >= 11 is 0. The fourth-order valence-electron chi connectivity index (χ4n) is 3.68. The molecule has 0 aliphatic carbocycles. The molecule has 1 saturated heterocycles. The monoisotopic (exact) mass is 405 g/mol. The van der Waals surface area contributed by atoms with Gasteiger partial charge in [0, 0.05) is 48.4 Å². The van der Waals surface area contributed by atoms with Crippen molar-refractivity contribution in [2.24, 2.45) is 5.41 Å². The Hall–Kier alpha value is -3.28. The number of furan rings is 1. The highest BCUT2D eigenvalue weighted by Gasteiger charge is 2.29. The van der Waals surface area contributed by atoms with Crippen LogP contribution in [0.1, 0.15) is 31.3 Å². The predicted octanol–water partition coefficient (Wildman–Crippen LogP) is 4.38. The van der Waals surface area contributed by atoms with Crippen molar-refractivity contribution in [2.75, 3.05) is 36.4 Å². The van der Waals surface area contributed by atoms with Crippen molar-refractivity contribution in [3.8, 4) is 0 Å². The van der Waals surface area contributed by atoms with Gasteiger partial charge in [-0.1, -0.05) is 39.0 Å². The van der Waals surface area contributed by atoms with Gasteiger partial charge in [-0.25, -0.2) is 0 Å². The van der Waals surface area contributed by atoms with Crippen molar-refractivity contribution in [3.63, 3.8) is 0 Å². The number of nitrogens with one attached hydrogen (secondary N) is 1. The molecule has 6 nitrogen and oxygen atoms in total. The number of hydrogen-bond acceptors (Lipinski definition) is 4. The molecule has 0 atom stereocenters. The third-order valence-corrected chi connectivity index (χ3v) is 5.35. The summed E-state index contributed by atoms with van der Waals surface area (Å²) in [5.74, 6) is 0.221. The molecule has 2 heterocycles. The second kappa shape index (κ2) is 7.86. The van der Waals surface area contributed by atoms with Crippen LogP contribution in [0.4, 0.5) is 11.4 Å². The van der Waals surface area contributed by atoms with Crippen molar-refractivity contribution < 1.29 is 14.0 Å². The standard InChI is InChI=1S/C24H27N3O3/c1-24(2,3)23(29)27-14-12-26(13-15-27)19-10-8-18(9-11-19)25-22(28)21-16-17-6-4-5-7-20(17)30-21/h4-11,16H,12-15H2,1-3H3,(H,25,28). The Balaban J connectivity index is 1.36. The van der Waals surface area contributed by atoms with E-state index >= 15 is 0 Å². The smallest absolute Gasteiger partial charge is 0.291 e. The zero-order valence-electron chi connectivity index (χ0n) is 17.6. The minimum atomic E-state index is -0.345. The number of anilines is 2. The molecule has 0 radical (unpaired) electrons. The molecule has 1 aromatic heterocycles. The molecule has 1 N–H and O–H groups in total. The van der Waals surface area contributed by atoms with E-state index < -0.39 is 0 Å². The maximum Gasteiger partial charge on any atom is 0.291 e. The van der Waals surface area contributed by atoms with Crippen molar-refractivity contribution in [1.82, 2.24) is 4.90 Å². The zero-order valence-corrected chi connectivity index (χ0v) is 17.6.